The van der Waals surface area contributed by atoms with Crippen molar-refractivity contribution in [3.8, 4) is 0 Å². The van der Waals surface area contributed by atoms with E-state index in [4.69, 9.17) is 4.46 Å². The van der Waals surface area contributed by atoms with E-state index in [0.717, 1.165) is 0 Å². The molecule has 0 spiro atoms. The Bertz CT molecular complexity index is 8.00. The van der Waals surface area contributed by atoms with Crippen LogP contribution in [-0.4, -0.2) is 29.0 Å². The van der Waals surface area contributed by atoms with Crippen molar-refractivity contribution >= 4 is 29.0 Å². The number of rotatable bonds is 0. The van der Waals surface area contributed by atoms with Crippen molar-refractivity contribution in [1.29, 1.82) is 0 Å². The molecule has 1 nitrogen and oxygen atoms in total. The first-order valence-electron chi connectivity index (χ1n) is 0.289. The summed E-state index contributed by atoms with van der Waals surface area (Å²) in [5, 5.41) is 0. The largest absolute Gasteiger partial charge is 0 e. The van der Waals surface area contributed by atoms with E-state index in [9.17, 15) is 0 Å². The molecule has 0 aliphatic carbocycles. The summed E-state index contributed by atoms with van der Waals surface area (Å²) >= 11 is 0. The van der Waals surface area contributed by atoms with E-state index in [0.29, 0.717) is 10.1 Å². The molecule has 0 unspecified atom stereocenters. The number of hydrogen-bond acceptors (Lipinski definition) is 1. The first-order valence-corrected chi connectivity index (χ1v) is 0.866. The predicted octanol–water partition coefficient (Wildman–Crippen LogP) is -1.69. The second-order valence-electron chi connectivity index (χ2n) is 0. The van der Waals surface area contributed by atoms with Gasteiger partial charge >= 0.3 is 18.9 Å². The molecule has 0 radical (unpaired) electrons. The molecule has 0 aliphatic heterocycles. The van der Waals surface area contributed by atoms with Gasteiger partial charge in [-0.1, -0.05) is 0 Å². The summed E-state index contributed by atoms with van der Waals surface area (Å²) in [7, 11) is 0.611. The molecular formula is H3LiOSiZn. The standard InChI is InChI=1S/Li.H2OSi.Zn.H/c;1-2;;/h;2H2;;. The average molecular weight is 119 g/mol. The van der Waals surface area contributed by atoms with Crippen LogP contribution in [0, 0.1) is 0 Å². The van der Waals surface area contributed by atoms with Gasteiger partial charge in [0.15, 0.2) is 0 Å². The monoisotopic (exact) mass is 118 g/mol. The van der Waals surface area contributed by atoms with Gasteiger partial charge in [0.2, 0.25) is 10.1 Å². The zero-order chi connectivity index (χ0) is 2.00. The van der Waals surface area contributed by atoms with Crippen molar-refractivity contribution in [1.82, 2.24) is 0 Å². The van der Waals surface area contributed by atoms with Gasteiger partial charge in [-0.2, -0.15) is 0 Å². The van der Waals surface area contributed by atoms with Crippen LogP contribution in [0.25, 0.3) is 0 Å². The third-order valence-corrected chi connectivity index (χ3v) is 0. The Labute approximate surface area is 53.0 Å². The third kappa shape index (κ3) is 10.6. The molecule has 0 aliphatic rings. The molecule has 0 saturated heterocycles. The molecule has 4 heteroatoms. The zero-order valence-electron chi connectivity index (χ0n) is 1.82. The summed E-state index contributed by atoms with van der Waals surface area (Å²) < 4.78 is 8.28. The Balaban J connectivity index is -0.00000000500. The molecular weight excluding hydrogens is 116 g/mol. The molecule has 0 atom stereocenters. The topological polar surface area (TPSA) is 17.1 Å². The third-order valence-electron chi connectivity index (χ3n) is 0. The van der Waals surface area contributed by atoms with E-state index in [1.807, 2.05) is 0 Å². The molecule has 0 aromatic carbocycles. The van der Waals surface area contributed by atoms with Crippen molar-refractivity contribution in [3.05, 3.63) is 0 Å². The maximum Gasteiger partial charge on any atom is 0 e. The van der Waals surface area contributed by atoms with Gasteiger partial charge in [0.05, 0.1) is 0 Å². The van der Waals surface area contributed by atoms with Gasteiger partial charge in [-0.15, -0.1) is 0 Å². The fourth-order valence-corrected chi connectivity index (χ4v) is 0. The molecule has 0 heterocycles. The molecule has 0 bridgehead atoms. The van der Waals surface area contributed by atoms with Crippen LogP contribution in [0.3, 0.4) is 0 Å². The van der Waals surface area contributed by atoms with Crippen molar-refractivity contribution in [2.24, 2.45) is 0 Å². The average Bonchev–Trinajstić information content (AvgIpc) is 1.00. The van der Waals surface area contributed by atoms with Crippen LogP contribution in [0.15, 0.2) is 0 Å². The van der Waals surface area contributed by atoms with Crippen molar-refractivity contribution < 1.29 is 23.9 Å². The van der Waals surface area contributed by atoms with Crippen LogP contribution >= 0.6 is 0 Å². The van der Waals surface area contributed by atoms with Crippen LogP contribution in [0.2, 0.25) is 0 Å². The van der Waals surface area contributed by atoms with Gasteiger partial charge in [0.25, 0.3) is 0 Å². The summed E-state index contributed by atoms with van der Waals surface area (Å²) in [5.41, 5.74) is 0. The molecule has 4 heavy (non-hydrogen) atoms. The first kappa shape index (κ1) is 18.8. The normalized spacial score (nSPS) is 1.00. The molecule has 0 aromatic heterocycles. The molecule has 0 N–H and O–H groups in total. The first-order chi connectivity index (χ1) is 1.00. The maximum absolute atomic E-state index is 8.28. The summed E-state index contributed by atoms with van der Waals surface area (Å²) in [6.45, 7) is 0. The summed E-state index contributed by atoms with van der Waals surface area (Å²) in [4.78, 5) is 0. The fourth-order valence-electron chi connectivity index (χ4n) is 0. The van der Waals surface area contributed by atoms with E-state index in [2.05, 4.69) is 0 Å². The number of hydrogen-bond donors (Lipinski definition) is 0. The Kier molecular flexibility index (Phi) is 136. The fraction of sp³-hybridized carbons (Fsp3) is 0. The Morgan fingerprint density at radius 2 is 1.25 bits per heavy atom. The molecule has 0 aromatic rings. The van der Waals surface area contributed by atoms with Crippen molar-refractivity contribution in [2.75, 3.05) is 0 Å². The minimum absolute atomic E-state index is 0. The van der Waals surface area contributed by atoms with E-state index in [1.165, 1.54) is 0 Å². The van der Waals surface area contributed by atoms with Gasteiger partial charge in [-0.3, -0.25) is 0 Å². The minimum Gasteiger partial charge on any atom is 0 e. The van der Waals surface area contributed by atoms with Crippen LogP contribution in [0.4, 0.5) is 0 Å². The maximum atomic E-state index is 8.28. The van der Waals surface area contributed by atoms with Crippen molar-refractivity contribution in [2.45, 2.75) is 0 Å². The van der Waals surface area contributed by atoms with E-state index < -0.39 is 0 Å². The summed E-state index contributed by atoms with van der Waals surface area (Å²) in [6.07, 6.45) is 0. The van der Waals surface area contributed by atoms with E-state index in [1.54, 1.807) is 0 Å². The Hall–Kier alpha value is 1.24. The SMILES string of the molecule is O=[SiH2].[LiH].[Zn]. The molecule has 0 rings (SSSR count). The second kappa shape index (κ2) is 29.0. The molecule has 16 valence electrons. The quantitative estimate of drug-likeness (QED) is 0.348. The summed E-state index contributed by atoms with van der Waals surface area (Å²) in [6, 6.07) is 0. The van der Waals surface area contributed by atoms with Gasteiger partial charge in [-0.25, -0.2) is 0 Å². The van der Waals surface area contributed by atoms with Crippen LogP contribution in [0.1, 0.15) is 0 Å². The molecule has 0 saturated carbocycles. The van der Waals surface area contributed by atoms with Gasteiger partial charge in [0, 0.05) is 19.5 Å². The second-order valence-corrected chi connectivity index (χ2v) is 0. The van der Waals surface area contributed by atoms with E-state index in [-0.39, 0.29) is 38.3 Å². The molecule has 0 fully saturated rings. The predicted molar refractivity (Wildman–Crippen MR) is 16.4 cm³/mol. The van der Waals surface area contributed by atoms with Crippen molar-refractivity contribution in [3.63, 3.8) is 0 Å². The van der Waals surface area contributed by atoms with Gasteiger partial charge < -0.3 is 4.46 Å². The smallest absolute Gasteiger partial charge is 0 e. The van der Waals surface area contributed by atoms with Crippen LogP contribution in [-0.2, 0) is 23.9 Å². The zero-order valence-corrected chi connectivity index (χ0v) is 6.20. The van der Waals surface area contributed by atoms with Gasteiger partial charge in [0.1, 0.15) is 0 Å². The molecule has 0 amide bonds. The van der Waals surface area contributed by atoms with E-state index >= 15 is 0 Å². The Morgan fingerprint density at radius 1 is 1.25 bits per heavy atom. The minimum atomic E-state index is 0. The van der Waals surface area contributed by atoms with Gasteiger partial charge in [-0.05, 0) is 0 Å². The summed E-state index contributed by atoms with van der Waals surface area (Å²) in [5.74, 6) is 0. The van der Waals surface area contributed by atoms with Crippen LogP contribution < -0.4 is 0 Å². The Morgan fingerprint density at radius 3 is 1.25 bits per heavy atom. The van der Waals surface area contributed by atoms with Crippen LogP contribution in [0.5, 0.6) is 0 Å².